The number of carboxylic acid groups (broad SMARTS) is 1. The minimum Gasteiger partial charge on any atom is -0.480 e. The molecule has 0 bridgehead atoms. The van der Waals surface area contributed by atoms with Crippen LogP contribution in [0, 0.1) is 0 Å². The summed E-state index contributed by atoms with van der Waals surface area (Å²) in [5.41, 5.74) is 1.72. The van der Waals surface area contributed by atoms with Gasteiger partial charge in [-0.05, 0) is 6.72 Å². The molecule has 2 rings (SSSR count). The highest BCUT2D eigenvalue weighted by Gasteiger charge is 2.28. The predicted molar refractivity (Wildman–Crippen MR) is 80.6 cm³/mol. The molecular weight excluding hydrogens is 270 g/mol. The van der Waals surface area contributed by atoms with Crippen molar-refractivity contribution in [2.75, 3.05) is 0 Å². The molecule has 1 N–H and O–H groups in total. The Labute approximate surface area is 123 Å². The summed E-state index contributed by atoms with van der Waals surface area (Å²) in [6.45, 7) is 13.4. The second-order valence-electron chi connectivity index (χ2n) is 6.41. The molecule has 0 aliphatic rings. The summed E-state index contributed by atoms with van der Waals surface area (Å²) >= 11 is 0. The van der Waals surface area contributed by atoms with Crippen LogP contribution >= 0.6 is 0 Å². The maximum absolute atomic E-state index is 11.2. The zero-order chi connectivity index (χ0) is 15.9. The molecule has 0 atom stereocenters. The molecule has 7 nitrogen and oxygen atoms in total. The van der Waals surface area contributed by atoms with Gasteiger partial charge in [-0.1, -0.05) is 34.6 Å². The van der Waals surface area contributed by atoms with Crippen molar-refractivity contribution in [1.82, 2.24) is 19.4 Å². The molecule has 0 saturated carbocycles. The molecule has 2 aromatic rings. The first-order chi connectivity index (χ1) is 9.66. The summed E-state index contributed by atoms with van der Waals surface area (Å²) in [5.74, 6) is -0.169. The van der Waals surface area contributed by atoms with Crippen molar-refractivity contribution in [3.8, 4) is 0 Å². The van der Waals surface area contributed by atoms with Crippen molar-refractivity contribution in [3.05, 3.63) is 11.5 Å². The van der Waals surface area contributed by atoms with Crippen LogP contribution in [0.2, 0.25) is 0 Å². The highest BCUT2D eigenvalue weighted by Crippen LogP contribution is 2.35. The van der Waals surface area contributed by atoms with Gasteiger partial charge < -0.3 is 5.11 Å². The van der Waals surface area contributed by atoms with E-state index in [1.54, 1.807) is 4.57 Å². The van der Waals surface area contributed by atoms with Crippen LogP contribution in [0.25, 0.3) is 5.65 Å². The molecule has 0 fully saturated rings. The van der Waals surface area contributed by atoms with Crippen LogP contribution in [0.4, 0.5) is 5.69 Å². The Morgan fingerprint density at radius 2 is 2.00 bits per heavy atom. The van der Waals surface area contributed by atoms with Crippen LogP contribution in [0.5, 0.6) is 0 Å². The van der Waals surface area contributed by atoms with Crippen LogP contribution in [0.3, 0.4) is 0 Å². The molecule has 0 saturated heterocycles. The number of rotatable bonds is 4. The van der Waals surface area contributed by atoms with E-state index in [-0.39, 0.29) is 17.9 Å². The molecule has 0 radical (unpaired) electrons. The molecular formula is C14H21N5O2. The maximum Gasteiger partial charge on any atom is 0.323 e. The largest absolute Gasteiger partial charge is 0.480 e. The standard InChI is InChI=1S/C14H21N5O2/c1-8(2)12-17-19-13(18(12)7-9(20)21)10(15-6)11(16-19)14(3,4)5/h8H,6-7H2,1-5H3,(H,20,21). The average molecular weight is 291 g/mol. The van der Waals surface area contributed by atoms with Gasteiger partial charge in [-0.3, -0.25) is 14.4 Å². The number of fused-ring (bicyclic) bond motifs is 1. The third kappa shape index (κ3) is 2.55. The summed E-state index contributed by atoms with van der Waals surface area (Å²) in [5, 5.41) is 18.1. The lowest BCUT2D eigenvalue weighted by Gasteiger charge is -2.16. The fourth-order valence-corrected chi connectivity index (χ4v) is 2.32. The number of carboxylic acids is 1. The lowest BCUT2D eigenvalue weighted by Crippen LogP contribution is -2.14. The number of hydrogen-bond donors (Lipinski definition) is 1. The van der Waals surface area contributed by atoms with E-state index >= 15 is 0 Å². The van der Waals surface area contributed by atoms with Crippen molar-refractivity contribution in [2.45, 2.75) is 52.5 Å². The van der Waals surface area contributed by atoms with Crippen molar-refractivity contribution in [2.24, 2.45) is 4.99 Å². The van der Waals surface area contributed by atoms with Gasteiger partial charge in [0.15, 0.2) is 5.65 Å². The van der Waals surface area contributed by atoms with Crippen molar-refractivity contribution in [3.63, 3.8) is 0 Å². The summed E-state index contributed by atoms with van der Waals surface area (Å²) in [6, 6.07) is 0. The minimum absolute atomic E-state index is 0.0850. The first kappa shape index (κ1) is 15.2. The average Bonchev–Trinajstić information content (AvgIpc) is 2.84. The molecule has 0 aliphatic carbocycles. The van der Waals surface area contributed by atoms with E-state index in [4.69, 9.17) is 5.11 Å². The number of nitrogens with zero attached hydrogens (tertiary/aromatic N) is 5. The summed E-state index contributed by atoms with van der Waals surface area (Å²) in [4.78, 5) is 15.2. The SMILES string of the molecule is C=Nc1c(C(C)(C)C)nn2nc(C(C)C)n(CC(=O)O)c12. The molecule has 0 unspecified atom stereocenters. The summed E-state index contributed by atoms with van der Waals surface area (Å²) in [7, 11) is 0. The highest BCUT2D eigenvalue weighted by atomic mass is 16.4. The van der Waals surface area contributed by atoms with E-state index in [2.05, 4.69) is 21.9 Å². The fraction of sp³-hybridized carbons (Fsp3) is 0.571. The van der Waals surface area contributed by atoms with Crippen LogP contribution in [0.1, 0.15) is 52.1 Å². The van der Waals surface area contributed by atoms with E-state index in [1.807, 2.05) is 34.6 Å². The van der Waals surface area contributed by atoms with Gasteiger partial charge in [-0.15, -0.1) is 9.73 Å². The van der Waals surface area contributed by atoms with Gasteiger partial charge in [0.25, 0.3) is 0 Å². The van der Waals surface area contributed by atoms with Gasteiger partial charge >= 0.3 is 5.97 Å². The smallest absolute Gasteiger partial charge is 0.323 e. The number of carbonyl (C=O) groups is 1. The fourth-order valence-electron chi connectivity index (χ4n) is 2.32. The topological polar surface area (TPSA) is 84.8 Å². The third-order valence-corrected chi connectivity index (χ3v) is 3.23. The maximum atomic E-state index is 11.2. The van der Waals surface area contributed by atoms with Gasteiger partial charge in [0.05, 0.1) is 5.69 Å². The van der Waals surface area contributed by atoms with E-state index < -0.39 is 5.97 Å². The number of hydrogen-bond acceptors (Lipinski definition) is 4. The highest BCUT2D eigenvalue weighted by molar-refractivity contribution is 5.74. The summed E-state index contributed by atoms with van der Waals surface area (Å²) < 4.78 is 3.13. The van der Waals surface area contributed by atoms with E-state index in [1.165, 1.54) is 4.63 Å². The Morgan fingerprint density at radius 1 is 1.38 bits per heavy atom. The second kappa shape index (κ2) is 4.98. The van der Waals surface area contributed by atoms with Crippen LogP contribution in [0.15, 0.2) is 4.99 Å². The molecule has 114 valence electrons. The molecule has 21 heavy (non-hydrogen) atoms. The molecule has 2 heterocycles. The van der Waals surface area contributed by atoms with E-state index in [9.17, 15) is 4.79 Å². The van der Waals surface area contributed by atoms with Gasteiger partial charge in [0, 0.05) is 11.3 Å². The molecule has 0 aliphatic heterocycles. The number of aromatic nitrogens is 4. The quantitative estimate of drug-likeness (QED) is 0.876. The Morgan fingerprint density at radius 3 is 2.43 bits per heavy atom. The van der Waals surface area contributed by atoms with E-state index in [0.29, 0.717) is 17.2 Å². The predicted octanol–water partition coefficient (Wildman–Crippen LogP) is 2.37. The minimum atomic E-state index is -0.926. The van der Waals surface area contributed by atoms with Crippen molar-refractivity contribution in [1.29, 1.82) is 0 Å². The first-order valence-electron chi connectivity index (χ1n) is 6.85. The number of aliphatic carboxylic acids is 1. The zero-order valence-electron chi connectivity index (χ0n) is 13.1. The van der Waals surface area contributed by atoms with Gasteiger partial charge in [-0.25, -0.2) is 0 Å². The van der Waals surface area contributed by atoms with Gasteiger partial charge in [0.2, 0.25) is 0 Å². The van der Waals surface area contributed by atoms with E-state index in [0.717, 1.165) is 5.69 Å². The first-order valence-corrected chi connectivity index (χ1v) is 6.85. The second-order valence-corrected chi connectivity index (χ2v) is 6.41. The Hall–Kier alpha value is -2.18. The van der Waals surface area contributed by atoms with Gasteiger partial charge in [0.1, 0.15) is 18.1 Å². The Kier molecular flexibility index (Phi) is 3.61. The normalized spacial score (nSPS) is 12.3. The molecule has 0 spiro atoms. The number of aliphatic imine (C=N–C) groups is 1. The Bertz CT molecular complexity index is 703. The van der Waals surface area contributed by atoms with Crippen molar-refractivity contribution < 1.29 is 9.90 Å². The van der Waals surface area contributed by atoms with Crippen molar-refractivity contribution >= 4 is 24.0 Å². The summed E-state index contributed by atoms with van der Waals surface area (Å²) in [6.07, 6.45) is 0. The van der Waals surface area contributed by atoms with Crippen LogP contribution in [-0.4, -0.2) is 37.2 Å². The molecule has 7 heteroatoms. The molecule has 0 aromatic carbocycles. The lowest BCUT2D eigenvalue weighted by molar-refractivity contribution is -0.137. The van der Waals surface area contributed by atoms with Crippen LogP contribution in [-0.2, 0) is 16.8 Å². The monoisotopic (exact) mass is 291 g/mol. The molecule has 0 amide bonds. The Balaban J connectivity index is 2.81. The van der Waals surface area contributed by atoms with Gasteiger partial charge in [-0.2, -0.15) is 5.10 Å². The van der Waals surface area contributed by atoms with Crippen LogP contribution < -0.4 is 0 Å². The molecule has 2 aromatic heterocycles. The third-order valence-electron chi connectivity index (χ3n) is 3.23. The lowest BCUT2D eigenvalue weighted by atomic mass is 9.91. The zero-order valence-corrected chi connectivity index (χ0v) is 13.1.